The molecule has 2 aromatic carbocycles. The molecule has 2 aromatic rings. The second-order valence-corrected chi connectivity index (χ2v) is 39.9. The van der Waals surface area contributed by atoms with Crippen LogP contribution in [-0.4, -0.2) is 6.88 Å². The maximum Gasteiger partial charge on any atom is -0.147 e. The van der Waals surface area contributed by atoms with Crippen molar-refractivity contribution >= 4 is 37.3 Å². The van der Waals surface area contributed by atoms with Crippen molar-refractivity contribution in [2.75, 3.05) is 0 Å². The van der Waals surface area contributed by atoms with Crippen LogP contribution in [-0.2, 0) is 17.4 Å². The first-order valence-electron chi connectivity index (χ1n) is 10.9. The summed E-state index contributed by atoms with van der Waals surface area (Å²) in [5.41, 5.74) is 11.8. The molecule has 0 radical (unpaired) electrons. The summed E-state index contributed by atoms with van der Waals surface area (Å²) in [6.45, 7) is 14.1. The molecule has 0 saturated heterocycles. The van der Waals surface area contributed by atoms with E-state index in [1.54, 1.807) is 16.7 Å². The van der Waals surface area contributed by atoms with Gasteiger partial charge in [0.1, 0.15) is 0 Å². The summed E-state index contributed by atoms with van der Waals surface area (Å²) in [4.78, 5) is 0. The number of halogens is 2. The SMILES string of the molecule is CC1=C(C)C(C)[C]([Zr]([CH3])([CH3])(=[SiH2])[CH]2C=C(c3ccc(C)cc3)c3ccccc32)=C1C.Cl.Cl. The van der Waals surface area contributed by atoms with Crippen molar-refractivity contribution in [3.8, 4) is 0 Å². The summed E-state index contributed by atoms with van der Waals surface area (Å²) in [6.07, 6.45) is 2.64. The Morgan fingerprint density at radius 1 is 0.806 bits per heavy atom. The van der Waals surface area contributed by atoms with Gasteiger partial charge in [0.15, 0.2) is 0 Å². The molecule has 0 spiro atoms. The van der Waals surface area contributed by atoms with Crippen LogP contribution in [0.5, 0.6) is 0 Å². The van der Waals surface area contributed by atoms with Crippen molar-refractivity contribution in [1.82, 2.24) is 0 Å². The smallest absolute Gasteiger partial charge is 0.147 e. The van der Waals surface area contributed by atoms with E-state index in [2.05, 4.69) is 105 Å². The van der Waals surface area contributed by atoms with E-state index in [-0.39, 0.29) is 24.8 Å². The van der Waals surface area contributed by atoms with Crippen LogP contribution in [0, 0.1) is 12.8 Å². The maximum absolute atomic E-state index is 3.30. The monoisotopic (exact) mass is 548 g/mol. The van der Waals surface area contributed by atoms with Crippen molar-refractivity contribution in [3.05, 3.63) is 96.9 Å². The van der Waals surface area contributed by atoms with Crippen molar-refractivity contribution in [2.24, 2.45) is 5.92 Å². The average molecular weight is 551 g/mol. The van der Waals surface area contributed by atoms with E-state index in [1.165, 1.54) is 27.8 Å². The van der Waals surface area contributed by atoms with Gasteiger partial charge in [0.2, 0.25) is 0 Å². The number of rotatable bonds is 3. The zero-order valence-electron chi connectivity index (χ0n) is 19.9. The predicted molar refractivity (Wildman–Crippen MR) is 142 cm³/mol. The summed E-state index contributed by atoms with van der Waals surface area (Å²) in [6, 6.07) is 18.3. The predicted octanol–water partition coefficient (Wildman–Crippen LogP) is 7.92. The van der Waals surface area contributed by atoms with Crippen molar-refractivity contribution in [2.45, 2.75) is 47.5 Å². The molecule has 4 rings (SSSR count). The van der Waals surface area contributed by atoms with Crippen LogP contribution < -0.4 is 0 Å². The van der Waals surface area contributed by atoms with E-state index in [0.717, 1.165) is 0 Å². The van der Waals surface area contributed by atoms with Crippen LogP contribution in [0.4, 0.5) is 0 Å². The molecule has 4 heteroatoms. The topological polar surface area (TPSA) is 0 Å². The first-order valence-corrected chi connectivity index (χ1v) is 24.3. The third-order valence-corrected chi connectivity index (χ3v) is 25.1. The Morgan fingerprint density at radius 2 is 1.39 bits per heavy atom. The van der Waals surface area contributed by atoms with Crippen LogP contribution in [0.1, 0.15) is 53.6 Å². The van der Waals surface area contributed by atoms with Gasteiger partial charge in [-0.3, -0.25) is 0 Å². The molecule has 0 bridgehead atoms. The Kier molecular flexibility index (Phi) is 7.67. The summed E-state index contributed by atoms with van der Waals surface area (Å²) in [5, 5.41) is 0. The average Bonchev–Trinajstić information content (AvgIpc) is 3.16. The molecule has 0 saturated carbocycles. The quantitative estimate of drug-likeness (QED) is 0.341. The van der Waals surface area contributed by atoms with Gasteiger partial charge in [0.05, 0.1) is 0 Å². The standard InChI is InChI=1S/C16H13.C9H13.2CH3.2ClH.H2Si.Zr/c1-12-6-8-14(9-7-12)16-11-10-13-4-2-3-5-15(13)16;1-6-5-7(2)9(4)8(6)3;;;;;;/h2-11H,1H3;6H,1-4H3;2*1H3;2*1H;1H2;. The third kappa shape index (κ3) is 4.19. The Labute approximate surface area is 203 Å². The largest absolute Gasteiger partial charge is 0.147 e. The van der Waals surface area contributed by atoms with E-state index in [4.69, 9.17) is 0 Å². The molecule has 2 aliphatic carbocycles. The number of aryl methyl sites for hydroxylation is 1. The summed E-state index contributed by atoms with van der Waals surface area (Å²) < 4.78 is 7.77. The fourth-order valence-corrected chi connectivity index (χ4v) is 24.5. The van der Waals surface area contributed by atoms with E-state index >= 15 is 0 Å². The van der Waals surface area contributed by atoms with Crippen LogP contribution >= 0.6 is 24.8 Å². The van der Waals surface area contributed by atoms with Crippen LogP contribution in [0.2, 0.25) is 9.26 Å². The first kappa shape index (κ1) is 26.6. The molecule has 0 amide bonds. The number of fused-ring (bicyclic) bond motifs is 1. The van der Waals surface area contributed by atoms with E-state index in [0.29, 0.717) is 9.54 Å². The molecular weight excluding hydrogens is 515 g/mol. The second-order valence-electron chi connectivity index (χ2n) is 10.4. The summed E-state index contributed by atoms with van der Waals surface area (Å²) in [5.74, 6) is 0.595. The van der Waals surface area contributed by atoms with E-state index in [1.807, 2.05) is 3.28 Å². The van der Waals surface area contributed by atoms with E-state index < -0.39 is 17.4 Å². The van der Waals surface area contributed by atoms with Gasteiger partial charge in [-0.05, 0) is 0 Å². The number of hydrogen-bond donors (Lipinski definition) is 0. The van der Waals surface area contributed by atoms with Gasteiger partial charge in [0.25, 0.3) is 0 Å². The number of benzene rings is 2. The second kappa shape index (κ2) is 8.94. The van der Waals surface area contributed by atoms with Gasteiger partial charge in [-0.2, -0.15) is 0 Å². The van der Waals surface area contributed by atoms with Gasteiger partial charge < -0.3 is 0 Å². The van der Waals surface area contributed by atoms with Crippen molar-refractivity contribution in [3.63, 3.8) is 0 Å². The van der Waals surface area contributed by atoms with Crippen molar-refractivity contribution < 1.29 is 17.4 Å². The molecular formula is C27H36Cl2SiZr. The molecule has 0 heterocycles. The molecule has 2 aliphatic rings. The molecule has 0 N–H and O–H groups in total. The summed E-state index contributed by atoms with van der Waals surface area (Å²) in [7, 11) is 0. The van der Waals surface area contributed by atoms with Gasteiger partial charge in [-0.25, -0.2) is 0 Å². The van der Waals surface area contributed by atoms with Gasteiger partial charge in [-0.1, -0.05) is 0 Å². The summed E-state index contributed by atoms with van der Waals surface area (Å²) >= 11 is -3.30. The zero-order chi connectivity index (χ0) is 21.2. The van der Waals surface area contributed by atoms with Gasteiger partial charge >= 0.3 is 180 Å². The molecule has 0 aliphatic heterocycles. The first-order chi connectivity index (χ1) is 13.5. The molecule has 0 nitrogen and oxygen atoms in total. The Hall–Kier alpha value is -0.660. The zero-order valence-corrected chi connectivity index (χ0v) is 25.4. The molecule has 0 fully saturated rings. The minimum atomic E-state index is -3.30. The Morgan fingerprint density at radius 3 is 1.94 bits per heavy atom. The normalized spacial score (nSPS) is 20.8. The minimum absolute atomic E-state index is 0. The van der Waals surface area contributed by atoms with E-state index in [9.17, 15) is 0 Å². The Bertz CT molecular complexity index is 1180. The maximum atomic E-state index is 2.69. The fraction of sp³-hybridized carbons (Fsp3) is 0.333. The number of allylic oxidation sites excluding steroid dienone is 5. The van der Waals surface area contributed by atoms with Gasteiger partial charge in [0, 0.05) is 0 Å². The molecule has 2 atom stereocenters. The molecule has 166 valence electrons. The minimum Gasteiger partial charge on any atom is -0.147 e. The number of hydrogen-bond acceptors (Lipinski definition) is 0. The van der Waals surface area contributed by atoms with Gasteiger partial charge in [-0.15, -0.1) is 24.8 Å². The molecule has 0 aromatic heterocycles. The van der Waals surface area contributed by atoms with Crippen LogP contribution in [0.3, 0.4) is 0 Å². The van der Waals surface area contributed by atoms with Crippen LogP contribution in [0.25, 0.3) is 5.57 Å². The van der Waals surface area contributed by atoms with Crippen LogP contribution in [0.15, 0.2) is 74.6 Å². The third-order valence-electron chi connectivity index (χ3n) is 7.80. The Balaban J connectivity index is 0.00000171. The molecule has 31 heavy (non-hydrogen) atoms. The van der Waals surface area contributed by atoms with Crippen molar-refractivity contribution in [1.29, 1.82) is 0 Å². The molecule has 2 unspecified atom stereocenters. The fourth-order valence-electron chi connectivity index (χ4n) is 5.97.